The number of carboxylic acid groups (broad SMARTS) is 1. The maximum atomic E-state index is 10.2. The van der Waals surface area contributed by atoms with Gasteiger partial charge in [-0.05, 0) is 12.8 Å². The number of carbonyl (C=O) groups is 1. The molecule has 0 aliphatic carbocycles. The molecule has 0 rings (SSSR count). The Morgan fingerprint density at radius 3 is 1.50 bits per heavy atom. The lowest BCUT2D eigenvalue weighted by Crippen LogP contribution is -2.30. The van der Waals surface area contributed by atoms with Crippen LogP contribution < -0.4 is 17.2 Å². The molecule has 0 fully saturated rings. The summed E-state index contributed by atoms with van der Waals surface area (Å²) in [6.07, 6.45) is 0.956. The van der Waals surface area contributed by atoms with E-state index < -0.39 is 27.3 Å². The number of hydrogen-bond acceptors (Lipinski definition) is 9. The Morgan fingerprint density at radius 1 is 1.00 bits per heavy atom. The molecule has 0 radical (unpaired) electrons. The third kappa shape index (κ3) is 103. The normalized spacial score (nSPS) is 9.04. The van der Waals surface area contributed by atoms with Crippen molar-refractivity contribution in [3.63, 3.8) is 0 Å². The van der Waals surface area contributed by atoms with Crippen molar-refractivity contribution in [3.8, 4) is 0 Å². The molecule has 0 aromatic rings. The van der Waals surface area contributed by atoms with Crippen LogP contribution in [-0.2, 0) is 4.79 Å². The zero-order valence-electron chi connectivity index (χ0n) is 11.9. The number of nitrogens with zero attached hydrogens (tertiary/aromatic N) is 4. The molecule has 0 aliphatic heterocycles. The Balaban J connectivity index is -0.000000137. The van der Waals surface area contributed by atoms with Crippen LogP contribution in [0.5, 0.6) is 0 Å². The predicted octanol–water partition coefficient (Wildman–Crippen LogP) is -2.59. The first-order valence-electron chi connectivity index (χ1n) is 5.27. The number of hydrogen-bond donors (Lipinski definition) is 7. The van der Waals surface area contributed by atoms with Gasteiger partial charge >= 0.3 is 5.97 Å². The van der Waals surface area contributed by atoms with E-state index in [0.717, 1.165) is 0 Å². The van der Waals surface area contributed by atoms with Crippen molar-refractivity contribution in [1.82, 2.24) is 0 Å². The maximum Gasteiger partial charge on any atom is 0.320 e. The quantitative estimate of drug-likeness (QED) is 0.0865. The Morgan fingerprint density at radius 2 is 1.29 bits per heavy atom. The Kier molecular flexibility index (Phi) is 22.9. The molecular formula is C6H17N7O11. The predicted molar refractivity (Wildman–Crippen MR) is 71.9 cm³/mol. The van der Waals surface area contributed by atoms with Gasteiger partial charge in [-0.2, -0.15) is 0 Å². The van der Waals surface area contributed by atoms with Crippen molar-refractivity contribution in [2.75, 3.05) is 6.54 Å². The highest BCUT2D eigenvalue weighted by Gasteiger charge is 2.09. The lowest BCUT2D eigenvalue weighted by Gasteiger charge is -2.03. The molecule has 0 bridgehead atoms. The van der Waals surface area contributed by atoms with Gasteiger partial charge in [-0.1, -0.05) is 0 Å². The summed E-state index contributed by atoms with van der Waals surface area (Å²) in [7, 11) is 0. The molecule has 0 aliphatic rings. The smallest absolute Gasteiger partial charge is 0.320 e. The molecule has 0 aromatic carbocycles. The van der Waals surface area contributed by atoms with E-state index in [1.165, 1.54) is 0 Å². The van der Waals surface area contributed by atoms with E-state index in [9.17, 15) is 4.79 Å². The van der Waals surface area contributed by atoms with E-state index in [2.05, 4.69) is 4.99 Å². The molecule has 10 N–H and O–H groups in total. The molecule has 0 amide bonds. The summed E-state index contributed by atoms with van der Waals surface area (Å²) >= 11 is 0. The van der Waals surface area contributed by atoms with Crippen molar-refractivity contribution in [1.29, 1.82) is 0 Å². The summed E-state index contributed by atoms with van der Waals surface area (Å²) in [4.78, 5) is 39.0. The van der Waals surface area contributed by atoms with Gasteiger partial charge in [0, 0.05) is 6.54 Å². The molecule has 0 unspecified atom stereocenters. The van der Waals surface area contributed by atoms with Crippen molar-refractivity contribution >= 4 is 11.9 Å². The van der Waals surface area contributed by atoms with Crippen LogP contribution in [0.15, 0.2) is 4.99 Å². The highest BCUT2D eigenvalue weighted by Crippen LogP contribution is 1.94. The van der Waals surface area contributed by atoms with Crippen LogP contribution in [0.4, 0.5) is 0 Å². The number of aliphatic imine (C=N–C) groups is 1. The fourth-order valence-electron chi connectivity index (χ4n) is 0.643. The first-order valence-corrected chi connectivity index (χ1v) is 5.27. The standard InChI is InChI=1S/C6H14N4O2.3HNO3/c7-4(5(11)12)2-1-3-10-6(8)9;3*2-1(3)4/h4H,1-3,7H2,(H,11,12)(H4,8,9,10);3*(H,2,3,4)/t4-;;;/m0.../s1. The first kappa shape index (κ1) is 28.5. The number of aliphatic carboxylic acids is 1. The third-order valence-corrected chi connectivity index (χ3v) is 1.28. The second-order valence-corrected chi connectivity index (χ2v) is 3.11. The van der Waals surface area contributed by atoms with Crippen LogP contribution in [-0.4, -0.2) is 60.5 Å². The summed E-state index contributed by atoms with van der Waals surface area (Å²) < 4.78 is 0. The molecule has 24 heavy (non-hydrogen) atoms. The third-order valence-electron chi connectivity index (χ3n) is 1.28. The topological polar surface area (TPSA) is 318 Å². The van der Waals surface area contributed by atoms with Gasteiger partial charge in [0.15, 0.2) is 5.96 Å². The van der Waals surface area contributed by atoms with E-state index in [1.54, 1.807) is 0 Å². The average Bonchev–Trinajstić information content (AvgIpc) is 2.31. The molecule has 0 saturated carbocycles. The average molecular weight is 363 g/mol. The van der Waals surface area contributed by atoms with Gasteiger partial charge in [-0.15, -0.1) is 30.3 Å². The Hall–Kier alpha value is -3.70. The fourth-order valence-corrected chi connectivity index (χ4v) is 0.643. The van der Waals surface area contributed by atoms with Gasteiger partial charge in [0.05, 0.1) is 0 Å². The number of rotatable bonds is 5. The minimum absolute atomic E-state index is 0.0129. The second kappa shape index (κ2) is 19.3. The number of carboxylic acids is 1. The van der Waals surface area contributed by atoms with E-state index in [0.29, 0.717) is 19.4 Å². The molecule has 0 aromatic heterocycles. The van der Waals surface area contributed by atoms with E-state index in [-0.39, 0.29) is 5.96 Å². The SMILES string of the molecule is NC(N)=NCCC[C@H](N)C(=O)O.O=[N+]([O-])O.O=[N+]([O-])O.O=[N+]([O-])O. The van der Waals surface area contributed by atoms with E-state index >= 15 is 0 Å². The summed E-state index contributed by atoms with van der Waals surface area (Å²) in [5.74, 6) is -0.987. The largest absolute Gasteiger partial charge is 0.480 e. The van der Waals surface area contributed by atoms with Crippen molar-refractivity contribution < 1.29 is 40.8 Å². The van der Waals surface area contributed by atoms with Gasteiger partial charge in [-0.25, -0.2) is 0 Å². The molecular weight excluding hydrogens is 346 g/mol. The highest BCUT2D eigenvalue weighted by molar-refractivity contribution is 5.75. The molecule has 142 valence electrons. The summed E-state index contributed by atoms with van der Waals surface area (Å²) in [5, 5.41) is 49.3. The Bertz CT molecular complexity index is 369. The van der Waals surface area contributed by atoms with Crippen LogP contribution in [0, 0.1) is 30.3 Å². The summed E-state index contributed by atoms with van der Waals surface area (Å²) in [6.45, 7) is 0.420. The van der Waals surface area contributed by atoms with Gasteiger partial charge in [0.1, 0.15) is 6.04 Å². The first-order chi connectivity index (χ1) is 10.7. The molecule has 18 heteroatoms. The molecule has 18 nitrogen and oxygen atoms in total. The molecule has 0 spiro atoms. The monoisotopic (exact) mass is 363 g/mol. The van der Waals surface area contributed by atoms with Gasteiger partial charge in [0.25, 0.3) is 15.3 Å². The highest BCUT2D eigenvalue weighted by atomic mass is 16.9. The summed E-state index contributed by atoms with van der Waals surface area (Å²) in [5.41, 5.74) is 15.3. The van der Waals surface area contributed by atoms with Crippen LogP contribution in [0.2, 0.25) is 0 Å². The van der Waals surface area contributed by atoms with Crippen molar-refractivity contribution in [3.05, 3.63) is 30.3 Å². The molecule has 0 heterocycles. The minimum Gasteiger partial charge on any atom is -0.480 e. The molecule has 0 saturated heterocycles. The zero-order valence-corrected chi connectivity index (χ0v) is 11.9. The summed E-state index contributed by atoms with van der Waals surface area (Å²) in [6, 6.07) is -0.820. The van der Waals surface area contributed by atoms with Crippen LogP contribution in [0.25, 0.3) is 0 Å². The number of guanidine groups is 1. The van der Waals surface area contributed by atoms with Gasteiger partial charge < -0.3 is 37.9 Å². The van der Waals surface area contributed by atoms with Crippen molar-refractivity contribution in [2.24, 2.45) is 22.2 Å². The van der Waals surface area contributed by atoms with E-state index in [4.69, 9.17) is 68.3 Å². The van der Waals surface area contributed by atoms with Crippen LogP contribution in [0.3, 0.4) is 0 Å². The zero-order chi connectivity index (χ0) is 20.3. The van der Waals surface area contributed by atoms with Crippen molar-refractivity contribution in [2.45, 2.75) is 18.9 Å². The van der Waals surface area contributed by atoms with Crippen LogP contribution >= 0.6 is 0 Å². The second-order valence-electron chi connectivity index (χ2n) is 3.11. The molecule has 1 atom stereocenters. The van der Waals surface area contributed by atoms with E-state index in [1.807, 2.05) is 0 Å². The van der Waals surface area contributed by atoms with Gasteiger partial charge in [0.2, 0.25) is 0 Å². The lowest BCUT2D eigenvalue weighted by molar-refractivity contribution is -0.742. The van der Waals surface area contributed by atoms with Crippen LogP contribution in [0.1, 0.15) is 12.8 Å². The Labute approximate surface area is 132 Å². The van der Waals surface area contributed by atoms with Gasteiger partial charge in [-0.3, -0.25) is 9.79 Å². The maximum absolute atomic E-state index is 10.2. The fraction of sp³-hybridized carbons (Fsp3) is 0.667. The number of nitrogens with two attached hydrogens (primary N) is 3. The lowest BCUT2D eigenvalue weighted by atomic mass is 10.2. The minimum atomic E-state index is -1.50.